The van der Waals surface area contributed by atoms with Crippen molar-refractivity contribution in [2.24, 2.45) is 17.8 Å². The summed E-state index contributed by atoms with van der Waals surface area (Å²) in [6, 6.07) is 5.30. The molecule has 0 saturated heterocycles. The van der Waals surface area contributed by atoms with Crippen LogP contribution in [0.15, 0.2) is 24.3 Å². The molecule has 0 fully saturated rings. The summed E-state index contributed by atoms with van der Waals surface area (Å²) in [5.41, 5.74) is 0.927. The van der Waals surface area contributed by atoms with Crippen LogP contribution in [0.5, 0.6) is 0 Å². The van der Waals surface area contributed by atoms with Gasteiger partial charge in [0.1, 0.15) is 0 Å². The Morgan fingerprint density at radius 1 is 0.865 bits per heavy atom. The number of esters is 1. The number of aromatic nitrogens is 2. The SMILES string of the molecule is CC(C)COC(=O)Cc1nn(CC(C(=O)O)N(C(=O)OCC(C)C)C(=O)OCC(C)C)c2ccccc12. The fraction of sp³-hybridized carbons (Fsp3) is 0.577. The van der Waals surface area contributed by atoms with E-state index >= 15 is 0 Å². The fourth-order valence-corrected chi connectivity index (χ4v) is 3.29. The molecule has 0 radical (unpaired) electrons. The topological polar surface area (TPSA) is 137 Å². The molecule has 37 heavy (non-hydrogen) atoms. The number of aliphatic carboxylic acids is 1. The summed E-state index contributed by atoms with van der Waals surface area (Å²) in [6.45, 7) is 11.0. The van der Waals surface area contributed by atoms with Gasteiger partial charge in [-0.05, 0) is 23.8 Å². The minimum absolute atomic E-state index is 0.00747. The molecule has 1 heterocycles. The Bertz CT molecular complexity index is 1070. The molecule has 204 valence electrons. The third kappa shape index (κ3) is 8.76. The molecule has 0 saturated carbocycles. The zero-order valence-corrected chi connectivity index (χ0v) is 22.3. The molecular formula is C26H37N3O8. The van der Waals surface area contributed by atoms with Gasteiger partial charge in [0.2, 0.25) is 0 Å². The van der Waals surface area contributed by atoms with Crippen LogP contribution in [0, 0.1) is 17.8 Å². The Hall–Kier alpha value is -3.63. The lowest BCUT2D eigenvalue weighted by atomic mass is 10.1. The van der Waals surface area contributed by atoms with Gasteiger partial charge in [-0.3, -0.25) is 9.48 Å². The molecule has 2 rings (SSSR count). The molecule has 11 nitrogen and oxygen atoms in total. The van der Waals surface area contributed by atoms with E-state index in [1.807, 2.05) is 41.5 Å². The largest absolute Gasteiger partial charge is 0.480 e. The average Bonchev–Trinajstić information content (AvgIpc) is 3.16. The number of carboxylic acid groups (broad SMARTS) is 1. The summed E-state index contributed by atoms with van der Waals surface area (Å²) >= 11 is 0. The number of fused-ring (bicyclic) bond motifs is 1. The molecule has 0 aliphatic carbocycles. The van der Waals surface area contributed by atoms with Crippen LogP contribution in [0.4, 0.5) is 9.59 Å². The summed E-state index contributed by atoms with van der Waals surface area (Å²) < 4.78 is 17.0. The second kappa shape index (κ2) is 13.6. The summed E-state index contributed by atoms with van der Waals surface area (Å²) in [6.07, 6.45) is -2.36. The van der Waals surface area contributed by atoms with Gasteiger partial charge in [-0.1, -0.05) is 59.7 Å². The van der Waals surface area contributed by atoms with Crippen LogP contribution >= 0.6 is 0 Å². The highest BCUT2D eigenvalue weighted by atomic mass is 16.6. The highest BCUT2D eigenvalue weighted by molar-refractivity contribution is 5.93. The molecule has 2 amide bonds. The monoisotopic (exact) mass is 519 g/mol. The number of carboxylic acids is 1. The standard InChI is InChI=1S/C26H37N3O8/c1-16(2)13-35-23(30)11-20-19-9-7-8-10-21(19)28(27-20)12-22(24(31)32)29(25(33)36-14-17(3)4)26(34)37-15-18(5)6/h7-10,16-18,22H,11-15H2,1-6H3,(H,31,32). The quantitative estimate of drug-likeness (QED) is 0.324. The Labute approximate surface area is 216 Å². The van der Waals surface area contributed by atoms with E-state index in [9.17, 15) is 24.3 Å². The molecule has 0 aliphatic rings. The van der Waals surface area contributed by atoms with Crippen LogP contribution in [0.25, 0.3) is 10.9 Å². The van der Waals surface area contributed by atoms with Gasteiger partial charge >= 0.3 is 24.1 Å². The van der Waals surface area contributed by atoms with E-state index in [2.05, 4.69) is 5.10 Å². The lowest BCUT2D eigenvalue weighted by molar-refractivity contribution is -0.144. The van der Waals surface area contributed by atoms with Crippen molar-refractivity contribution >= 4 is 35.0 Å². The van der Waals surface area contributed by atoms with Gasteiger partial charge in [0.25, 0.3) is 0 Å². The smallest absolute Gasteiger partial charge is 0.420 e. The Balaban J connectivity index is 2.41. The molecule has 11 heteroatoms. The molecule has 0 spiro atoms. The van der Waals surface area contributed by atoms with Gasteiger partial charge in [0, 0.05) is 5.39 Å². The van der Waals surface area contributed by atoms with Crippen molar-refractivity contribution in [1.29, 1.82) is 0 Å². The number of imide groups is 1. The van der Waals surface area contributed by atoms with E-state index in [4.69, 9.17) is 14.2 Å². The number of para-hydroxylation sites is 1. The molecule has 1 aromatic heterocycles. The first-order valence-electron chi connectivity index (χ1n) is 12.4. The predicted octanol–water partition coefficient (Wildman–Crippen LogP) is 4.12. The van der Waals surface area contributed by atoms with Crippen molar-refractivity contribution in [3.05, 3.63) is 30.0 Å². The number of hydrogen-bond acceptors (Lipinski definition) is 8. The van der Waals surface area contributed by atoms with Crippen molar-refractivity contribution in [3.8, 4) is 0 Å². The zero-order chi connectivity index (χ0) is 27.7. The lowest BCUT2D eigenvalue weighted by Gasteiger charge is -2.26. The average molecular weight is 520 g/mol. The summed E-state index contributed by atoms with van der Waals surface area (Å²) in [5, 5.41) is 15.1. The van der Waals surface area contributed by atoms with E-state index < -0.39 is 30.2 Å². The summed E-state index contributed by atoms with van der Waals surface area (Å²) in [7, 11) is 0. The van der Waals surface area contributed by atoms with Crippen LogP contribution in [0.1, 0.15) is 47.2 Å². The number of amides is 2. The van der Waals surface area contributed by atoms with E-state index in [-0.39, 0.29) is 50.5 Å². The van der Waals surface area contributed by atoms with Gasteiger partial charge in [0.15, 0.2) is 6.04 Å². The Morgan fingerprint density at radius 2 is 1.38 bits per heavy atom. The lowest BCUT2D eigenvalue weighted by Crippen LogP contribution is -2.51. The van der Waals surface area contributed by atoms with Crippen molar-refractivity contribution in [2.75, 3.05) is 19.8 Å². The van der Waals surface area contributed by atoms with E-state index in [0.717, 1.165) is 0 Å². The predicted molar refractivity (Wildman–Crippen MR) is 135 cm³/mol. The molecular weight excluding hydrogens is 482 g/mol. The third-order valence-electron chi connectivity index (χ3n) is 5.04. The van der Waals surface area contributed by atoms with Gasteiger partial charge in [-0.15, -0.1) is 0 Å². The first-order chi connectivity index (χ1) is 17.4. The number of carbonyl (C=O) groups is 4. The zero-order valence-electron chi connectivity index (χ0n) is 22.3. The van der Waals surface area contributed by atoms with Crippen LogP contribution in [-0.4, -0.2) is 69.8 Å². The molecule has 1 atom stereocenters. The molecule has 2 aromatic rings. The number of hydrogen-bond donors (Lipinski definition) is 1. The van der Waals surface area contributed by atoms with Crippen molar-refractivity contribution in [1.82, 2.24) is 14.7 Å². The minimum atomic E-state index is -1.68. The van der Waals surface area contributed by atoms with Crippen molar-refractivity contribution in [2.45, 2.75) is 60.5 Å². The highest BCUT2D eigenvalue weighted by Crippen LogP contribution is 2.21. The third-order valence-corrected chi connectivity index (χ3v) is 5.04. The molecule has 0 aliphatic heterocycles. The first-order valence-corrected chi connectivity index (χ1v) is 12.4. The van der Waals surface area contributed by atoms with Crippen molar-refractivity contribution in [3.63, 3.8) is 0 Å². The van der Waals surface area contributed by atoms with Crippen LogP contribution < -0.4 is 0 Å². The molecule has 1 aromatic carbocycles. The van der Waals surface area contributed by atoms with E-state index in [1.54, 1.807) is 24.3 Å². The Morgan fingerprint density at radius 3 is 1.89 bits per heavy atom. The molecule has 1 unspecified atom stereocenters. The maximum absolute atomic E-state index is 12.9. The van der Waals surface area contributed by atoms with Crippen LogP contribution in [0.2, 0.25) is 0 Å². The van der Waals surface area contributed by atoms with Crippen LogP contribution in [0.3, 0.4) is 0 Å². The van der Waals surface area contributed by atoms with Gasteiger partial charge < -0.3 is 19.3 Å². The Kier molecular flexibility index (Phi) is 10.9. The number of benzene rings is 1. The normalized spacial score (nSPS) is 12.1. The van der Waals surface area contributed by atoms with Gasteiger partial charge in [-0.2, -0.15) is 10.00 Å². The minimum Gasteiger partial charge on any atom is -0.480 e. The van der Waals surface area contributed by atoms with Gasteiger partial charge in [0.05, 0.1) is 44.0 Å². The van der Waals surface area contributed by atoms with E-state index in [0.29, 0.717) is 21.5 Å². The second-order valence-corrected chi connectivity index (χ2v) is 10.1. The van der Waals surface area contributed by atoms with Crippen LogP contribution in [-0.2, 0) is 36.8 Å². The number of rotatable bonds is 12. The van der Waals surface area contributed by atoms with Gasteiger partial charge in [-0.25, -0.2) is 14.4 Å². The highest BCUT2D eigenvalue weighted by Gasteiger charge is 2.38. The number of carbonyl (C=O) groups excluding carboxylic acids is 3. The summed E-state index contributed by atoms with van der Waals surface area (Å²) in [4.78, 5) is 50.9. The number of nitrogens with zero attached hydrogens (tertiary/aromatic N) is 3. The maximum Gasteiger partial charge on any atom is 0.420 e. The molecule has 1 N–H and O–H groups in total. The van der Waals surface area contributed by atoms with E-state index in [1.165, 1.54) is 4.68 Å². The summed E-state index contributed by atoms with van der Waals surface area (Å²) in [5.74, 6) is -1.80. The fourth-order valence-electron chi connectivity index (χ4n) is 3.29. The second-order valence-electron chi connectivity index (χ2n) is 10.1. The first kappa shape index (κ1) is 29.6. The maximum atomic E-state index is 12.9. The van der Waals surface area contributed by atoms with Crippen molar-refractivity contribution < 1.29 is 38.5 Å². The molecule has 0 bridgehead atoms. The number of ether oxygens (including phenoxy) is 3.